The monoisotopic (exact) mass is 535 g/mol. The lowest BCUT2D eigenvalue weighted by Gasteiger charge is -2.09. The topological polar surface area (TPSA) is 167 Å². The molecular formula is C25H23N6O4S2-. The van der Waals surface area contributed by atoms with Crippen LogP contribution in [0, 0.1) is 11.8 Å². The molecule has 7 N–H and O–H groups in total. The molecular weight excluding hydrogens is 512 g/mol. The molecule has 0 saturated carbocycles. The van der Waals surface area contributed by atoms with Crippen LogP contribution in [0.1, 0.15) is 11.1 Å². The summed E-state index contributed by atoms with van der Waals surface area (Å²) in [6, 6.07) is 14.4. The highest BCUT2D eigenvalue weighted by molar-refractivity contribution is 7.74. The molecule has 0 fully saturated rings. The molecule has 37 heavy (non-hydrogen) atoms. The fourth-order valence-electron chi connectivity index (χ4n) is 3.51. The number of urea groups is 1. The van der Waals surface area contributed by atoms with Crippen molar-refractivity contribution in [3.63, 3.8) is 0 Å². The molecule has 0 spiro atoms. The molecule has 4 rings (SSSR count). The third-order valence-electron chi connectivity index (χ3n) is 5.19. The summed E-state index contributed by atoms with van der Waals surface area (Å²) < 4.78 is 26.0. The van der Waals surface area contributed by atoms with Gasteiger partial charge in [0.1, 0.15) is 12.5 Å². The maximum Gasteiger partial charge on any atom is 0.323 e. The quantitative estimate of drug-likeness (QED) is 0.0990. The van der Waals surface area contributed by atoms with E-state index in [1.165, 1.54) is 11.3 Å². The molecule has 12 heteroatoms. The number of nitrogens with zero attached hydrogens (tertiary/aromatic N) is 1. The number of pyridine rings is 1. The minimum absolute atomic E-state index is 0.155. The highest BCUT2D eigenvalue weighted by atomic mass is 32.2. The molecule has 10 nitrogen and oxygen atoms in total. The maximum absolute atomic E-state index is 12.4. The third kappa shape index (κ3) is 6.89. The van der Waals surface area contributed by atoms with E-state index in [2.05, 4.69) is 37.0 Å². The van der Waals surface area contributed by atoms with E-state index in [1.54, 1.807) is 12.3 Å². The van der Waals surface area contributed by atoms with Crippen molar-refractivity contribution in [3.05, 3.63) is 71.2 Å². The number of benzene rings is 2. The van der Waals surface area contributed by atoms with Gasteiger partial charge in [0.15, 0.2) is 0 Å². The Kier molecular flexibility index (Phi) is 8.81. The van der Waals surface area contributed by atoms with Crippen molar-refractivity contribution in [1.29, 1.82) is 0 Å². The van der Waals surface area contributed by atoms with Crippen LogP contribution >= 0.6 is 11.3 Å². The number of nitrogens with one attached hydrogen (secondary N) is 3. The summed E-state index contributed by atoms with van der Waals surface area (Å²) in [5.41, 5.74) is 16.6. The van der Waals surface area contributed by atoms with Gasteiger partial charge in [-0.25, -0.2) is 14.0 Å². The van der Waals surface area contributed by atoms with Crippen LogP contribution in [0.25, 0.3) is 21.2 Å². The largest absolute Gasteiger partial charge is 0.750 e. The van der Waals surface area contributed by atoms with Gasteiger partial charge in [-0.15, -0.1) is 11.3 Å². The van der Waals surface area contributed by atoms with E-state index in [-0.39, 0.29) is 19.3 Å². The highest BCUT2D eigenvalue weighted by Crippen LogP contribution is 2.38. The van der Waals surface area contributed by atoms with Crippen LogP contribution in [0.15, 0.2) is 60.1 Å². The van der Waals surface area contributed by atoms with E-state index in [0.29, 0.717) is 29.3 Å². The van der Waals surface area contributed by atoms with Crippen LogP contribution in [-0.2, 0) is 22.1 Å². The Balaban J connectivity index is 1.46. The lowest BCUT2D eigenvalue weighted by Crippen LogP contribution is -2.19. The van der Waals surface area contributed by atoms with Crippen molar-refractivity contribution in [2.24, 2.45) is 5.73 Å². The summed E-state index contributed by atoms with van der Waals surface area (Å²) in [7, 11) is 0. The number of hydrogen-bond donors (Lipinski definition) is 5. The summed E-state index contributed by atoms with van der Waals surface area (Å²) in [6.45, 7) is 0.476. The average molecular weight is 536 g/mol. The number of nitrogen functional groups attached to an aromatic ring is 1. The standard InChI is InChI=1S/C25H24N6O4S2/c26-12-16-3-1-5-20(11-16)31-25(32)30-19-8-6-17(7-9-19)21-14-36-23-18(13-29-24(27)22(21)23)4-2-10-28-15-35-37(33)34/h1,3,5-9,11,13-14,28H,10,12,15,26H2,(H2,27,29)(H,33,34)(H2,30,31,32)/p-1. The summed E-state index contributed by atoms with van der Waals surface area (Å²) in [5, 5.41) is 11.1. The number of carbonyl (C=O) groups excluding carboxylic acids is 1. The molecule has 2 heterocycles. The lowest BCUT2D eigenvalue weighted by molar-refractivity contribution is 0.262. The number of thiophene rings is 1. The summed E-state index contributed by atoms with van der Waals surface area (Å²) in [4.78, 5) is 16.7. The van der Waals surface area contributed by atoms with Crippen LogP contribution in [0.4, 0.5) is 22.0 Å². The average Bonchev–Trinajstić information content (AvgIpc) is 3.34. The molecule has 0 bridgehead atoms. The van der Waals surface area contributed by atoms with Gasteiger partial charge in [-0.1, -0.05) is 36.1 Å². The second-order valence-electron chi connectivity index (χ2n) is 7.67. The number of rotatable bonds is 8. The van der Waals surface area contributed by atoms with E-state index in [4.69, 9.17) is 11.5 Å². The van der Waals surface area contributed by atoms with E-state index < -0.39 is 11.4 Å². The first-order chi connectivity index (χ1) is 17.9. The van der Waals surface area contributed by atoms with E-state index >= 15 is 0 Å². The molecule has 2 aromatic heterocycles. The van der Waals surface area contributed by atoms with E-state index in [1.807, 2.05) is 47.8 Å². The minimum Gasteiger partial charge on any atom is -0.750 e. The number of nitrogens with two attached hydrogens (primary N) is 2. The fraction of sp³-hybridized carbons (Fsp3) is 0.120. The van der Waals surface area contributed by atoms with E-state index in [0.717, 1.165) is 26.8 Å². The van der Waals surface area contributed by atoms with Crippen molar-refractivity contribution in [2.45, 2.75) is 6.54 Å². The number of anilines is 3. The Labute approximate surface area is 219 Å². The summed E-state index contributed by atoms with van der Waals surface area (Å²) in [6.07, 6.45) is 1.61. The molecule has 1 atom stereocenters. The summed E-state index contributed by atoms with van der Waals surface area (Å²) in [5.74, 6) is 6.34. The van der Waals surface area contributed by atoms with Crippen molar-refractivity contribution in [2.75, 3.05) is 29.6 Å². The molecule has 2 aromatic carbocycles. The van der Waals surface area contributed by atoms with Crippen molar-refractivity contribution in [1.82, 2.24) is 10.3 Å². The van der Waals surface area contributed by atoms with Crippen molar-refractivity contribution in [3.8, 4) is 23.0 Å². The molecule has 0 aliphatic rings. The van der Waals surface area contributed by atoms with Gasteiger partial charge in [0.25, 0.3) is 0 Å². The van der Waals surface area contributed by atoms with Crippen LogP contribution in [-0.4, -0.2) is 33.1 Å². The van der Waals surface area contributed by atoms with Gasteiger partial charge < -0.3 is 26.7 Å². The molecule has 190 valence electrons. The fourth-order valence-corrected chi connectivity index (χ4v) is 4.75. The summed E-state index contributed by atoms with van der Waals surface area (Å²) >= 11 is -1.07. The second-order valence-corrected chi connectivity index (χ2v) is 9.19. The molecule has 0 aliphatic heterocycles. The first-order valence-electron chi connectivity index (χ1n) is 11.0. The number of fused-ring (bicyclic) bond motifs is 1. The highest BCUT2D eigenvalue weighted by Gasteiger charge is 2.13. The van der Waals surface area contributed by atoms with Gasteiger partial charge in [0, 0.05) is 35.1 Å². The van der Waals surface area contributed by atoms with Gasteiger partial charge in [-0.05, 0) is 40.8 Å². The Morgan fingerprint density at radius 3 is 2.70 bits per heavy atom. The van der Waals surface area contributed by atoms with Crippen molar-refractivity contribution < 1.29 is 17.7 Å². The first-order valence-corrected chi connectivity index (χ1v) is 12.9. The van der Waals surface area contributed by atoms with Gasteiger partial charge >= 0.3 is 6.03 Å². The Hall–Kier alpha value is -3.83. The molecule has 0 saturated heterocycles. The normalized spacial score (nSPS) is 11.5. The zero-order valence-corrected chi connectivity index (χ0v) is 21.1. The number of carbonyl (C=O) groups is 1. The third-order valence-corrected chi connectivity index (χ3v) is 6.52. The zero-order valence-electron chi connectivity index (χ0n) is 19.4. The van der Waals surface area contributed by atoms with Crippen LogP contribution < -0.4 is 27.4 Å². The van der Waals surface area contributed by atoms with Crippen LogP contribution in [0.2, 0.25) is 0 Å². The molecule has 1 unspecified atom stereocenters. The van der Waals surface area contributed by atoms with Crippen LogP contribution in [0.5, 0.6) is 0 Å². The van der Waals surface area contributed by atoms with Gasteiger partial charge in [0.05, 0.1) is 28.2 Å². The molecule has 2 amide bonds. The Bertz CT molecular complexity index is 1490. The predicted octanol–water partition coefficient (Wildman–Crippen LogP) is 3.36. The molecule has 0 radical (unpaired) electrons. The number of amides is 2. The van der Waals surface area contributed by atoms with Crippen LogP contribution in [0.3, 0.4) is 0 Å². The molecule has 4 aromatic rings. The number of hydrogen-bond acceptors (Lipinski definition) is 9. The Morgan fingerprint density at radius 1 is 1.16 bits per heavy atom. The smallest absolute Gasteiger partial charge is 0.323 e. The van der Waals surface area contributed by atoms with E-state index in [9.17, 15) is 13.6 Å². The van der Waals surface area contributed by atoms with Crippen molar-refractivity contribution >= 4 is 56.0 Å². The second kappa shape index (κ2) is 12.4. The zero-order chi connectivity index (χ0) is 26.2. The first kappa shape index (κ1) is 26.2. The predicted molar refractivity (Wildman–Crippen MR) is 146 cm³/mol. The van der Waals surface area contributed by atoms with Gasteiger partial charge in [-0.2, -0.15) is 0 Å². The number of aromatic nitrogens is 1. The Morgan fingerprint density at radius 2 is 1.95 bits per heavy atom. The maximum atomic E-state index is 12.4. The molecule has 0 aliphatic carbocycles. The lowest BCUT2D eigenvalue weighted by atomic mass is 10.0. The minimum atomic E-state index is -2.57. The van der Waals surface area contributed by atoms with Gasteiger partial charge in [0.2, 0.25) is 0 Å². The van der Waals surface area contributed by atoms with Gasteiger partial charge in [-0.3, -0.25) is 9.50 Å². The SMILES string of the molecule is NCc1cccc(NC(=O)Nc2ccc(-c3csc4c(C#CCNCOS(=O)[O-])cnc(N)c34)cc2)c1.